The molecule has 0 unspecified atom stereocenters. The highest BCUT2D eigenvalue weighted by Gasteiger charge is 2.21. The molecule has 26 heavy (non-hydrogen) atoms. The highest BCUT2D eigenvalue weighted by molar-refractivity contribution is 7.21. The number of carbonyl (C=O) groups excluding carboxylic acids is 1. The summed E-state index contributed by atoms with van der Waals surface area (Å²) >= 11 is 1.24. The molecule has 2 aromatic heterocycles. The average Bonchev–Trinajstić information content (AvgIpc) is 2.95. The van der Waals surface area contributed by atoms with Crippen LogP contribution in [-0.4, -0.2) is 23.0 Å². The van der Waals surface area contributed by atoms with E-state index in [-0.39, 0.29) is 23.7 Å². The van der Waals surface area contributed by atoms with Gasteiger partial charge in [0.25, 0.3) is 5.91 Å². The van der Waals surface area contributed by atoms with Crippen LogP contribution in [0, 0.1) is 5.82 Å². The van der Waals surface area contributed by atoms with Crippen molar-refractivity contribution >= 4 is 33.0 Å². The summed E-state index contributed by atoms with van der Waals surface area (Å²) in [6, 6.07) is 4.81. The minimum absolute atomic E-state index is 0.156. The van der Waals surface area contributed by atoms with Crippen LogP contribution in [0.15, 0.2) is 30.6 Å². The first kappa shape index (κ1) is 18.4. The minimum Gasteiger partial charge on any atom is -0.380 e. The lowest BCUT2D eigenvalue weighted by Crippen LogP contribution is -2.17. The van der Waals surface area contributed by atoms with Crippen molar-refractivity contribution in [2.24, 2.45) is 0 Å². The number of carbonyl (C=O) groups is 1. The summed E-state index contributed by atoms with van der Waals surface area (Å²) in [4.78, 5) is 21.8. The van der Waals surface area contributed by atoms with Crippen molar-refractivity contribution in [3.8, 4) is 0 Å². The molecular formula is C19H20FN3O2S. The van der Waals surface area contributed by atoms with Gasteiger partial charge in [-0.2, -0.15) is 0 Å². The number of thiophene rings is 1. The molecule has 0 saturated heterocycles. The van der Waals surface area contributed by atoms with Crippen LogP contribution in [0.3, 0.4) is 0 Å². The number of hydrogen-bond donors (Lipinski definition) is 1. The summed E-state index contributed by atoms with van der Waals surface area (Å²) in [5, 5.41) is 3.22. The van der Waals surface area contributed by atoms with E-state index < -0.39 is 0 Å². The van der Waals surface area contributed by atoms with E-state index in [2.05, 4.69) is 15.3 Å². The van der Waals surface area contributed by atoms with Gasteiger partial charge in [0.2, 0.25) is 0 Å². The topological polar surface area (TPSA) is 64.1 Å². The minimum atomic E-state index is -0.359. The number of methoxy groups -OCH3 is 1. The van der Waals surface area contributed by atoms with E-state index in [1.807, 2.05) is 20.8 Å². The predicted molar refractivity (Wildman–Crippen MR) is 101 cm³/mol. The van der Waals surface area contributed by atoms with E-state index in [0.717, 1.165) is 0 Å². The number of amides is 1. The summed E-state index contributed by atoms with van der Waals surface area (Å²) in [7, 11) is 1.52. The number of rotatable bonds is 4. The summed E-state index contributed by atoms with van der Waals surface area (Å²) in [5.74, 6) is 0.00646. The molecule has 0 bridgehead atoms. The molecule has 0 atom stereocenters. The lowest BCUT2D eigenvalue weighted by atomic mass is 9.96. The van der Waals surface area contributed by atoms with Crippen molar-refractivity contribution in [1.82, 2.24) is 9.97 Å². The molecule has 1 amide bonds. The Morgan fingerprint density at radius 1 is 1.27 bits per heavy atom. The summed E-state index contributed by atoms with van der Waals surface area (Å²) in [6.45, 7) is 6.21. The number of anilines is 1. The van der Waals surface area contributed by atoms with Gasteiger partial charge in [-0.15, -0.1) is 11.3 Å². The van der Waals surface area contributed by atoms with Gasteiger partial charge in [0.15, 0.2) is 0 Å². The summed E-state index contributed by atoms with van der Waals surface area (Å²) in [6.07, 6.45) is 3.16. The van der Waals surface area contributed by atoms with Crippen molar-refractivity contribution in [1.29, 1.82) is 0 Å². The molecule has 0 aliphatic rings. The van der Waals surface area contributed by atoms with Crippen LogP contribution in [0.25, 0.3) is 10.1 Å². The van der Waals surface area contributed by atoms with Crippen LogP contribution in [0.5, 0.6) is 0 Å². The van der Waals surface area contributed by atoms with Gasteiger partial charge in [-0.1, -0.05) is 26.8 Å². The van der Waals surface area contributed by atoms with Crippen molar-refractivity contribution in [2.45, 2.75) is 32.8 Å². The van der Waals surface area contributed by atoms with Crippen molar-refractivity contribution < 1.29 is 13.9 Å². The van der Waals surface area contributed by atoms with Crippen molar-refractivity contribution in [3.63, 3.8) is 0 Å². The van der Waals surface area contributed by atoms with Gasteiger partial charge in [0.1, 0.15) is 11.6 Å². The first-order valence-electron chi connectivity index (χ1n) is 8.14. The Morgan fingerprint density at radius 2 is 1.96 bits per heavy atom. The largest absolute Gasteiger partial charge is 0.380 e. The molecular weight excluding hydrogens is 353 g/mol. The van der Waals surface area contributed by atoms with Crippen molar-refractivity contribution in [2.75, 3.05) is 12.4 Å². The second-order valence-corrected chi connectivity index (χ2v) is 8.01. The lowest BCUT2D eigenvalue weighted by molar-refractivity contribution is 0.102. The Hall–Kier alpha value is -2.38. The molecule has 3 aromatic rings. The van der Waals surface area contributed by atoms with Crippen LogP contribution in [0.4, 0.5) is 10.1 Å². The standard InChI is InChI=1S/C19H20FN3O2S/c1-19(2,3)18-21-8-11(9-22-18)23-17(24)16-12(10-25-4)15-13(20)6-5-7-14(15)26-16/h5-9H,10H2,1-4H3,(H,23,24). The molecule has 7 heteroatoms. The second kappa shape index (κ2) is 7.09. The highest BCUT2D eigenvalue weighted by atomic mass is 32.1. The number of fused-ring (bicyclic) bond motifs is 1. The number of halogens is 1. The molecule has 0 aliphatic heterocycles. The van der Waals surface area contributed by atoms with Gasteiger partial charge in [-0.3, -0.25) is 4.79 Å². The summed E-state index contributed by atoms with van der Waals surface area (Å²) < 4.78 is 20.1. The maximum atomic E-state index is 14.2. The molecule has 5 nitrogen and oxygen atoms in total. The van der Waals surface area contributed by atoms with E-state index in [1.165, 1.54) is 24.5 Å². The quantitative estimate of drug-likeness (QED) is 0.730. The van der Waals surface area contributed by atoms with Gasteiger partial charge >= 0.3 is 0 Å². The van der Waals surface area contributed by atoms with Gasteiger partial charge in [0, 0.05) is 28.2 Å². The zero-order valence-electron chi connectivity index (χ0n) is 15.1. The number of hydrogen-bond acceptors (Lipinski definition) is 5. The molecule has 2 heterocycles. The Kier molecular flexibility index (Phi) is 5.02. The fourth-order valence-electron chi connectivity index (χ4n) is 2.60. The Morgan fingerprint density at radius 3 is 2.58 bits per heavy atom. The molecule has 0 saturated carbocycles. The number of ether oxygens (including phenoxy) is 1. The zero-order valence-corrected chi connectivity index (χ0v) is 15.9. The van der Waals surface area contributed by atoms with Gasteiger partial charge in [-0.05, 0) is 12.1 Å². The van der Waals surface area contributed by atoms with Gasteiger partial charge in [0.05, 0.1) is 29.6 Å². The number of aromatic nitrogens is 2. The van der Waals surface area contributed by atoms with Gasteiger partial charge < -0.3 is 10.1 Å². The Labute approximate surface area is 155 Å². The third kappa shape index (κ3) is 3.59. The van der Waals surface area contributed by atoms with Crippen LogP contribution >= 0.6 is 11.3 Å². The number of benzene rings is 1. The molecule has 1 N–H and O–H groups in total. The highest BCUT2D eigenvalue weighted by Crippen LogP contribution is 2.34. The van der Waals surface area contributed by atoms with Crippen LogP contribution in [0.2, 0.25) is 0 Å². The average molecular weight is 373 g/mol. The van der Waals surface area contributed by atoms with Crippen molar-refractivity contribution in [3.05, 3.63) is 52.7 Å². The normalized spacial score (nSPS) is 11.7. The third-order valence-corrected chi connectivity index (χ3v) is 5.03. The Bertz CT molecular complexity index is 946. The lowest BCUT2D eigenvalue weighted by Gasteiger charge is -2.16. The SMILES string of the molecule is COCc1c(C(=O)Nc2cnc(C(C)(C)C)nc2)sc2cccc(F)c12. The Balaban J connectivity index is 1.92. The molecule has 1 aromatic carbocycles. The third-order valence-electron chi connectivity index (χ3n) is 3.84. The monoisotopic (exact) mass is 373 g/mol. The maximum absolute atomic E-state index is 14.2. The van der Waals surface area contributed by atoms with E-state index >= 15 is 0 Å². The fourth-order valence-corrected chi connectivity index (χ4v) is 3.72. The van der Waals surface area contributed by atoms with E-state index in [9.17, 15) is 9.18 Å². The maximum Gasteiger partial charge on any atom is 0.266 e. The van der Waals surface area contributed by atoms with E-state index in [1.54, 1.807) is 24.5 Å². The zero-order chi connectivity index (χ0) is 18.9. The number of nitrogens with one attached hydrogen (secondary N) is 1. The summed E-state index contributed by atoms with van der Waals surface area (Å²) in [5.41, 5.74) is 0.872. The first-order valence-corrected chi connectivity index (χ1v) is 8.95. The van der Waals surface area contributed by atoms with Crippen LogP contribution < -0.4 is 5.32 Å². The smallest absolute Gasteiger partial charge is 0.266 e. The molecule has 3 rings (SSSR count). The molecule has 0 spiro atoms. The van der Waals surface area contributed by atoms with Crippen LogP contribution in [0.1, 0.15) is 41.8 Å². The first-order chi connectivity index (χ1) is 12.3. The molecule has 0 aliphatic carbocycles. The molecule has 136 valence electrons. The van der Waals surface area contributed by atoms with E-state index in [0.29, 0.717) is 32.0 Å². The predicted octanol–water partition coefficient (Wildman–Crippen LogP) is 4.53. The number of nitrogens with zero attached hydrogens (tertiary/aromatic N) is 2. The second-order valence-electron chi connectivity index (χ2n) is 6.96. The molecule has 0 radical (unpaired) electrons. The molecule has 0 fully saturated rings. The van der Waals surface area contributed by atoms with Gasteiger partial charge in [-0.25, -0.2) is 14.4 Å². The van der Waals surface area contributed by atoms with E-state index in [4.69, 9.17) is 4.74 Å². The fraction of sp³-hybridized carbons (Fsp3) is 0.316. The van der Waals surface area contributed by atoms with Crippen LogP contribution in [-0.2, 0) is 16.8 Å².